The SMILES string of the molecule is Cc1ccc(C2NNCC2CNCC(=O)N2CCCc3ccccc32)o1. The van der Waals surface area contributed by atoms with Crippen molar-refractivity contribution >= 4 is 11.6 Å². The van der Waals surface area contributed by atoms with Crippen LogP contribution in [-0.4, -0.2) is 32.1 Å². The minimum atomic E-state index is 0.127. The van der Waals surface area contributed by atoms with Crippen LogP contribution in [0.4, 0.5) is 5.69 Å². The highest BCUT2D eigenvalue weighted by Gasteiger charge is 2.30. The van der Waals surface area contributed by atoms with Crippen LogP contribution in [0.15, 0.2) is 40.8 Å². The van der Waals surface area contributed by atoms with E-state index in [-0.39, 0.29) is 11.9 Å². The number of rotatable bonds is 5. The zero-order valence-corrected chi connectivity index (χ0v) is 15.1. The molecule has 0 aliphatic carbocycles. The number of nitrogens with one attached hydrogen (secondary N) is 3. The first kappa shape index (κ1) is 17.3. The first-order valence-corrected chi connectivity index (χ1v) is 9.36. The molecule has 26 heavy (non-hydrogen) atoms. The number of fused-ring (bicyclic) bond motifs is 1. The van der Waals surface area contributed by atoms with Crippen LogP contribution in [0.25, 0.3) is 0 Å². The van der Waals surface area contributed by atoms with Gasteiger partial charge in [-0.15, -0.1) is 0 Å². The number of hydrazine groups is 1. The maximum absolute atomic E-state index is 12.7. The summed E-state index contributed by atoms with van der Waals surface area (Å²) in [6, 6.07) is 12.3. The summed E-state index contributed by atoms with van der Waals surface area (Å²) in [7, 11) is 0. The predicted molar refractivity (Wildman–Crippen MR) is 101 cm³/mol. The van der Waals surface area contributed by atoms with Gasteiger partial charge in [0.2, 0.25) is 5.91 Å². The number of hydrogen-bond donors (Lipinski definition) is 3. The van der Waals surface area contributed by atoms with E-state index in [1.807, 2.05) is 42.2 Å². The zero-order chi connectivity index (χ0) is 17.9. The van der Waals surface area contributed by atoms with Gasteiger partial charge in [0, 0.05) is 31.2 Å². The molecule has 4 rings (SSSR count). The Morgan fingerprint density at radius 3 is 3.04 bits per heavy atom. The Hall–Kier alpha value is -2.15. The summed E-state index contributed by atoms with van der Waals surface area (Å²) in [5.74, 6) is 2.33. The predicted octanol–water partition coefficient (Wildman–Crippen LogP) is 1.92. The quantitative estimate of drug-likeness (QED) is 0.765. The van der Waals surface area contributed by atoms with Crippen LogP contribution in [0.5, 0.6) is 0 Å². The third kappa shape index (κ3) is 3.53. The second-order valence-electron chi connectivity index (χ2n) is 7.12. The molecule has 0 saturated carbocycles. The summed E-state index contributed by atoms with van der Waals surface area (Å²) in [6.45, 7) is 4.71. The standard InChI is InChI=1S/C20H26N4O2/c1-14-8-9-18(26-14)20-16(12-22-23-20)11-21-13-19(25)24-10-4-6-15-5-2-3-7-17(15)24/h2-3,5,7-9,16,20-23H,4,6,10-13H2,1H3. The lowest BCUT2D eigenvalue weighted by Crippen LogP contribution is -2.42. The minimum Gasteiger partial charge on any atom is -0.465 e. The highest BCUT2D eigenvalue weighted by atomic mass is 16.3. The number of nitrogens with zero attached hydrogens (tertiary/aromatic N) is 1. The minimum absolute atomic E-state index is 0.127. The summed E-state index contributed by atoms with van der Waals surface area (Å²) < 4.78 is 5.75. The van der Waals surface area contributed by atoms with E-state index in [4.69, 9.17) is 4.42 Å². The molecule has 0 spiro atoms. The highest BCUT2D eigenvalue weighted by molar-refractivity contribution is 5.95. The maximum Gasteiger partial charge on any atom is 0.240 e. The van der Waals surface area contributed by atoms with Crippen molar-refractivity contribution in [3.05, 3.63) is 53.5 Å². The maximum atomic E-state index is 12.7. The molecule has 138 valence electrons. The largest absolute Gasteiger partial charge is 0.465 e. The van der Waals surface area contributed by atoms with Gasteiger partial charge in [-0.3, -0.25) is 10.2 Å². The molecule has 3 N–H and O–H groups in total. The summed E-state index contributed by atoms with van der Waals surface area (Å²) in [4.78, 5) is 14.6. The monoisotopic (exact) mass is 354 g/mol. The molecule has 2 atom stereocenters. The Balaban J connectivity index is 1.33. The number of anilines is 1. The van der Waals surface area contributed by atoms with E-state index >= 15 is 0 Å². The second-order valence-corrected chi connectivity index (χ2v) is 7.12. The molecule has 1 aromatic heterocycles. The van der Waals surface area contributed by atoms with Gasteiger partial charge >= 0.3 is 0 Å². The Kier molecular flexibility index (Phi) is 5.06. The Morgan fingerprint density at radius 1 is 1.31 bits per heavy atom. The van der Waals surface area contributed by atoms with E-state index in [9.17, 15) is 4.79 Å². The molecule has 2 aliphatic rings. The van der Waals surface area contributed by atoms with E-state index in [0.29, 0.717) is 12.5 Å². The van der Waals surface area contributed by atoms with E-state index < -0.39 is 0 Å². The third-order valence-corrected chi connectivity index (χ3v) is 5.25. The van der Waals surface area contributed by atoms with Crippen LogP contribution in [0.3, 0.4) is 0 Å². The van der Waals surface area contributed by atoms with Crippen molar-refractivity contribution in [1.29, 1.82) is 0 Å². The average molecular weight is 354 g/mol. The van der Waals surface area contributed by atoms with Crippen molar-refractivity contribution in [2.75, 3.05) is 31.1 Å². The number of carbonyl (C=O) groups excluding carboxylic acids is 1. The summed E-state index contributed by atoms with van der Waals surface area (Å²) in [5, 5.41) is 3.35. The van der Waals surface area contributed by atoms with Gasteiger partial charge in [0.05, 0.1) is 12.6 Å². The molecule has 1 aromatic carbocycles. The molecule has 0 bridgehead atoms. The number of aryl methyl sites for hydroxylation is 2. The van der Waals surface area contributed by atoms with E-state index in [1.165, 1.54) is 5.56 Å². The van der Waals surface area contributed by atoms with Crippen LogP contribution in [0.1, 0.15) is 29.5 Å². The third-order valence-electron chi connectivity index (χ3n) is 5.25. The van der Waals surface area contributed by atoms with E-state index in [2.05, 4.69) is 22.2 Å². The molecule has 3 heterocycles. The van der Waals surface area contributed by atoms with Gasteiger partial charge < -0.3 is 14.6 Å². The lowest BCUT2D eigenvalue weighted by molar-refractivity contribution is -0.117. The number of furan rings is 1. The zero-order valence-electron chi connectivity index (χ0n) is 15.1. The van der Waals surface area contributed by atoms with Crippen LogP contribution in [0, 0.1) is 12.8 Å². The fourth-order valence-electron chi connectivity index (χ4n) is 3.90. The molecule has 6 heteroatoms. The first-order chi connectivity index (χ1) is 12.7. The second kappa shape index (κ2) is 7.61. The van der Waals surface area contributed by atoms with Gasteiger partial charge in [0.15, 0.2) is 0 Å². The number of para-hydroxylation sites is 1. The topological polar surface area (TPSA) is 69.5 Å². The van der Waals surface area contributed by atoms with Crippen molar-refractivity contribution < 1.29 is 9.21 Å². The molecule has 2 aliphatic heterocycles. The van der Waals surface area contributed by atoms with Gasteiger partial charge in [-0.1, -0.05) is 18.2 Å². The van der Waals surface area contributed by atoms with Gasteiger partial charge in [-0.25, -0.2) is 5.43 Å². The number of hydrogen-bond acceptors (Lipinski definition) is 5. The van der Waals surface area contributed by atoms with Crippen molar-refractivity contribution in [2.24, 2.45) is 5.92 Å². The van der Waals surface area contributed by atoms with Crippen LogP contribution >= 0.6 is 0 Å². The molecular formula is C20H26N4O2. The highest BCUT2D eigenvalue weighted by Crippen LogP contribution is 2.27. The summed E-state index contributed by atoms with van der Waals surface area (Å²) in [6.07, 6.45) is 2.08. The molecule has 1 fully saturated rings. The average Bonchev–Trinajstić information content (AvgIpc) is 3.29. The molecule has 1 saturated heterocycles. The van der Waals surface area contributed by atoms with Gasteiger partial charge in [0.25, 0.3) is 0 Å². The molecule has 2 unspecified atom stereocenters. The van der Waals surface area contributed by atoms with Crippen LogP contribution < -0.4 is 21.1 Å². The van der Waals surface area contributed by atoms with Crippen molar-refractivity contribution in [3.63, 3.8) is 0 Å². The fourth-order valence-corrected chi connectivity index (χ4v) is 3.90. The molecule has 0 radical (unpaired) electrons. The lowest BCUT2D eigenvalue weighted by atomic mass is 10.00. The first-order valence-electron chi connectivity index (χ1n) is 9.36. The number of benzene rings is 1. The lowest BCUT2D eigenvalue weighted by Gasteiger charge is -2.29. The Labute approximate surface area is 153 Å². The van der Waals surface area contributed by atoms with Gasteiger partial charge in [0.1, 0.15) is 11.5 Å². The molecular weight excluding hydrogens is 328 g/mol. The van der Waals surface area contributed by atoms with Crippen LogP contribution in [0.2, 0.25) is 0 Å². The molecule has 2 aromatic rings. The van der Waals surface area contributed by atoms with Gasteiger partial charge in [-0.2, -0.15) is 0 Å². The summed E-state index contributed by atoms with van der Waals surface area (Å²) >= 11 is 0. The van der Waals surface area contributed by atoms with Crippen LogP contribution in [-0.2, 0) is 11.2 Å². The molecule has 6 nitrogen and oxygen atoms in total. The van der Waals surface area contributed by atoms with E-state index in [0.717, 1.165) is 49.7 Å². The van der Waals surface area contributed by atoms with Gasteiger partial charge in [-0.05, 0) is 43.5 Å². The normalized spacial score (nSPS) is 22.4. The fraction of sp³-hybridized carbons (Fsp3) is 0.450. The van der Waals surface area contributed by atoms with Crippen molar-refractivity contribution in [1.82, 2.24) is 16.2 Å². The smallest absolute Gasteiger partial charge is 0.240 e. The number of amides is 1. The Bertz CT molecular complexity index is 773. The molecule has 1 amide bonds. The van der Waals surface area contributed by atoms with Crippen molar-refractivity contribution in [3.8, 4) is 0 Å². The Morgan fingerprint density at radius 2 is 2.19 bits per heavy atom. The van der Waals surface area contributed by atoms with E-state index in [1.54, 1.807) is 0 Å². The number of carbonyl (C=O) groups is 1. The summed E-state index contributed by atoms with van der Waals surface area (Å²) in [5.41, 5.74) is 8.81. The van der Waals surface area contributed by atoms with Crippen molar-refractivity contribution in [2.45, 2.75) is 25.8 Å².